The van der Waals surface area contributed by atoms with Crippen molar-refractivity contribution in [3.05, 3.63) is 66.2 Å². The van der Waals surface area contributed by atoms with E-state index in [1.165, 1.54) is 0 Å². The van der Waals surface area contributed by atoms with Crippen molar-refractivity contribution < 1.29 is 8.42 Å². The first-order chi connectivity index (χ1) is 9.60. The highest BCUT2D eigenvalue weighted by molar-refractivity contribution is 7.92. The molecular formula is C16H17NO2S. The SMILES string of the molecule is C[C@@H](c1ccccc1)N1C[C@H]1S(=O)(=O)c1ccccc1. The molecule has 0 aromatic heterocycles. The molecule has 1 fully saturated rings. The van der Waals surface area contributed by atoms with E-state index in [1.807, 2.05) is 41.3 Å². The zero-order valence-corrected chi connectivity index (χ0v) is 12.1. The van der Waals surface area contributed by atoms with E-state index >= 15 is 0 Å². The molecule has 0 bridgehead atoms. The summed E-state index contributed by atoms with van der Waals surface area (Å²) in [4.78, 5) is 2.42. The molecule has 104 valence electrons. The summed E-state index contributed by atoms with van der Waals surface area (Å²) in [5, 5.41) is -0.389. The lowest BCUT2D eigenvalue weighted by Crippen LogP contribution is -2.16. The molecule has 1 saturated heterocycles. The minimum atomic E-state index is -3.24. The molecule has 3 rings (SSSR count). The van der Waals surface area contributed by atoms with Gasteiger partial charge in [0.25, 0.3) is 0 Å². The van der Waals surface area contributed by atoms with Gasteiger partial charge in [0, 0.05) is 12.6 Å². The Bertz CT molecular complexity index is 683. The maximum absolute atomic E-state index is 12.5. The van der Waals surface area contributed by atoms with Crippen LogP contribution in [0.3, 0.4) is 0 Å². The van der Waals surface area contributed by atoms with E-state index in [9.17, 15) is 8.42 Å². The third kappa shape index (κ3) is 2.37. The van der Waals surface area contributed by atoms with Gasteiger partial charge in [-0.05, 0) is 24.6 Å². The van der Waals surface area contributed by atoms with Crippen molar-refractivity contribution in [1.29, 1.82) is 0 Å². The summed E-state index contributed by atoms with van der Waals surface area (Å²) in [5.74, 6) is 0. The summed E-state index contributed by atoms with van der Waals surface area (Å²) < 4.78 is 25.0. The Kier molecular flexibility index (Phi) is 3.36. The van der Waals surface area contributed by atoms with Crippen LogP contribution in [0.4, 0.5) is 0 Å². The Morgan fingerprint density at radius 2 is 1.55 bits per heavy atom. The first-order valence-electron chi connectivity index (χ1n) is 6.70. The van der Waals surface area contributed by atoms with Gasteiger partial charge in [0.1, 0.15) is 5.37 Å². The second kappa shape index (κ2) is 5.04. The van der Waals surface area contributed by atoms with Gasteiger partial charge in [-0.25, -0.2) is 8.42 Å². The molecule has 2 aromatic carbocycles. The normalized spacial score (nSPS) is 23.2. The van der Waals surface area contributed by atoms with Gasteiger partial charge in [0.15, 0.2) is 9.84 Å². The van der Waals surface area contributed by atoms with E-state index in [2.05, 4.69) is 6.92 Å². The van der Waals surface area contributed by atoms with Crippen LogP contribution in [0.1, 0.15) is 18.5 Å². The largest absolute Gasteiger partial charge is 0.276 e. The molecule has 4 heteroatoms. The zero-order chi connectivity index (χ0) is 14.2. The van der Waals surface area contributed by atoms with Gasteiger partial charge >= 0.3 is 0 Å². The lowest BCUT2D eigenvalue weighted by molar-refractivity contribution is 0.428. The Labute approximate surface area is 119 Å². The van der Waals surface area contributed by atoms with E-state index in [0.29, 0.717) is 11.4 Å². The van der Waals surface area contributed by atoms with Crippen molar-refractivity contribution >= 4 is 9.84 Å². The summed E-state index contributed by atoms with van der Waals surface area (Å²) in [6.45, 7) is 2.66. The van der Waals surface area contributed by atoms with Gasteiger partial charge in [0.05, 0.1) is 4.90 Å². The molecule has 20 heavy (non-hydrogen) atoms. The molecule has 1 aliphatic rings. The van der Waals surface area contributed by atoms with Crippen LogP contribution in [-0.4, -0.2) is 25.2 Å². The van der Waals surface area contributed by atoms with E-state index in [0.717, 1.165) is 5.56 Å². The van der Waals surface area contributed by atoms with Crippen molar-refractivity contribution in [2.45, 2.75) is 23.2 Å². The number of hydrogen-bond donors (Lipinski definition) is 0. The molecule has 0 spiro atoms. The van der Waals surface area contributed by atoms with Gasteiger partial charge < -0.3 is 0 Å². The standard InChI is InChI=1S/C16H17NO2S/c1-13(14-8-4-2-5-9-14)17-12-16(17)20(18,19)15-10-6-3-7-11-15/h2-11,13,16H,12H2,1H3/t13-,16+,17?/m0/s1. The van der Waals surface area contributed by atoms with Gasteiger partial charge in [-0.15, -0.1) is 0 Å². The van der Waals surface area contributed by atoms with E-state index in [-0.39, 0.29) is 11.4 Å². The predicted octanol–water partition coefficient (Wildman–Crippen LogP) is 2.86. The van der Waals surface area contributed by atoms with Crippen molar-refractivity contribution in [3.8, 4) is 0 Å². The maximum Gasteiger partial charge on any atom is 0.195 e. The van der Waals surface area contributed by atoms with Crippen molar-refractivity contribution in [2.75, 3.05) is 6.54 Å². The average Bonchev–Trinajstić information content (AvgIpc) is 3.29. The van der Waals surface area contributed by atoms with Crippen molar-refractivity contribution in [2.24, 2.45) is 0 Å². The topological polar surface area (TPSA) is 37.1 Å². The van der Waals surface area contributed by atoms with Crippen LogP contribution in [0.25, 0.3) is 0 Å². The lowest BCUT2D eigenvalue weighted by Gasteiger charge is -2.14. The molecule has 1 heterocycles. The average molecular weight is 287 g/mol. The summed E-state index contributed by atoms with van der Waals surface area (Å²) in [5.41, 5.74) is 1.15. The number of hydrogen-bond acceptors (Lipinski definition) is 3. The predicted molar refractivity (Wildman–Crippen MR) is 79.0 cm³/mol. The molecule has 0 amide bonds. The molecule has 0 radical (unpaired) electrons. The molecule has 0 saturated carbocycles. The van der Waals surface area contributed by atoms with Crippen LogP contribution < -0.4 is 0 Å². The third-order valence-electron chi connectivity index (χ3n) is 3.81. The van der Waals surface area contributed by atoms with Gasteiger partial charge in [0.2, 0.25) is 0 Å². The number of nitrogens with zero attached hydrogens (tertiary/aromatic N) is 1. The molecule has 3 atom stereocenters. The first-order valence-corrected chi connectivity index (χ1v) is 8.25. The summed E-state index contributed by atoms with van der Waals surface area (Å²) in [7, 11) is -3.24. The van der Waals surface area contributed by atoms with Crippen molar-refractivity contribution in [3.63, 3.8) is 0 Å². The Morgan fingerprint density at radius 1 is 1.00 bits per heavy atom. The molecule has 1 aliphatic heterocycles. The fourth-order valence-electron chi connectivity index (χ4n) is 2.51. The van der Waals surface area contributed by atoms with E-state index in [1.54, 1.807) is 24.3 Å². The molecular weight excluding hydrogens is 270 g/mol. The van der Waals surface area contributed by atoms with Crippen LogP contribution in [0.5, 0.6) is 0 Å². The van der Waals surface area contributed by atoms with Crippen LogP contribution in [0.2, 0.25) is 0 Å². The molecule has 1 unspecified atom stereocenters. The maximum atomic E-state index is 12.5. The van der Waals surface area contributed by atoms with Gasteiger partial charge in [-0.1, -0.05) is 48.5 Å². The second-order valence-electron chi connectivity index (χ2n) is 5.10. The highest BCUT2D eigenvalue weighted by Gasteiger charge is 2.48. The van der Waals surface area contributed by atoms with E-state index in [4.69, 9.17) is 0 Å². The lowest BCUT2D eigenvalue weighted by atomic mass is 10.1. The van der Waals surface area contributed by atoms with Gasteiger partial charge in [-0.3, -0.25) is 4.90 Å². The molecule has 0 N–H and O–H groups in total. The van der Waals surface area contributed by atoms with Crippen LogP contribution in [-0.2, 0) is 9.84 Å². The fourth-order valence-corrected chi connectivity index (χ4v) is 4.27. The van der Waals surface area contributed by atoms with E-state index < -0.39 is 9.84 Å². The third-order valence-corrected chi connectivity index (χ3v) is 5.88. The minimum Gasteiger partial charge on any atom is -0.276 e. The molecule has 3 nitrogen and oxygen atoms in total. The Balaban J connectivity index is 1.80. The van der Waals surface area contributed by atoms with Gasteiger partial charge in [-0.2, -0.15) is 0 Å². The minimum absolute atomic E-state index is 0.125. The first kappa shape index (κ1) is 13.3. The summed E-state index contributed by atoms with van der Waals surface area (Å²) in [6.07, 6.45) is 0. The summed E-state index contributed by atoms with van der Waals surface area (Å²) >= 11 is 0. The highest BCUT2D eigenvalue weighted by Crippen LogP contribution is 2.37. The number of benzene rings is 2. The molecule has 2 aromatic rings. The van der Waals surface area contributed by atoms with Crippen LogP contribution in [0, 0.1) is 0 Å². The Hall–Kier alpha value is -1.65. The number of sulfone groups is 1. The smallest absolute Gasteiger partial charge is 0.195 e. The quantitative estimate of drug-likeness (QED) is 0.811. The number of rotatable bonds is 4. The van der Waals surface area contributed by atoms with Crippen LogP contribution in [0.15, 0.2) is 65.6 Å². The summed E-state index contributed by atoms with van der Waals surface area (Å²) in [6, 6.07) is 18.8. The highest BCUT2D eigenvalue weighted by atomic mass is 32.2. The fraction of sp³-hybridized carbons (Fsp3) is 0.250. The van der Waals surface area contributed by atoms with Crippen LogP contribution >= 0.6 is 0 Å². The Morgan fingerprint density at radius 3 is 2.15 bits per heavy atom. The molecule has 0 aliphatic carbocycles. The van der Waals surface area contributed by atoms with Crippen molar-refractivity contribution in [1.82, 2.24) is 4.90 Å². The zero-order valence-electron chi connectivity index (χ0n) is 11.3. The second-order valence-corrected chi connectivity index (χ2v) is 7.20. The monoisotopic (exact) mass is 287 g/mol.